The van der Waals surface area contributed by atoms with Gasteiger partial charge < -0.3 is 10.0 Å². The van der Waals surface area contributed by atoms with Gasteiger partial charge in [0.15, 0.2) is 0 Å². The van der Waals surface area contributed by atoms with Gasteiger partial charge in [0.05, 0.1) is 16.8 Å². The van der Waals surface area contributed by atoms with Crippen LogP contribution in [0.25, 0.3) is 0 Å². The van der Waals surface area contributed by atoms with E-state index in [-0.39, 0.29) is 18.9 Å². The smallest absolute Gasteiger partial charge is 0.308 e. The van der Waals surface area contributed by atoms with Gasteiger partial charge in [0.1, 0.15) is 5.82 Å². The molecule has 0 bridgehead atoms. The molecule has 1 aliphatic heterocycles. The van der Waals surface area contributed by atoms with Crippen LogP contribution in [0.4, 0.5) is 4.39 Å². The molecule has 0 aromatic heterocycles. The SMILES string of the molecule is O=C(O)C1CCN(C(=O)Cc2ccc(Br)c(F)c2)C1. The molecule has 1 aromatic carbocycles. The first kappa shape index (κ1) is 14.0. The minimum absolute atomic E-state index is 0.0938. The van der Waals surface area contributed by atoms with E-state index in [0.717, 1.165) is 0 Å². The lowest BCUT2D eigenvalue weighted by atomic mass is 10.1. The Hall–Kier alpha value is -1.43. The number of hydrogen-bond acceptors (Lipinski definition) is 2. The van der Waals surface area contributed by atoms with Crippen molar-refractivity contribution in [3.63, 3.8) is 0 Å². The third-order valence-corrected chi connectivity index (χ3v) is 3.87. The van der Waals surface area contributed by atoms with Gasteiger partial charge in [-0.15, -0.1) is 0 Å². The van der Waals surface area contributed by atoms with Crippen molar-refractivity contribution in [3.05, 3.63) is 34.1 Å². The highest BCUT2D eigenvalue weighted by atomic mass is 79.9. The molecule has 1 N–H and O–H groups in total. The summed E-state index contributed by atoms with van der Waals surface area (Å²) in [6, 6.07) is 4.55. The molecule has 1 unspecified atom stereocenters. The fourth-order valence-corrected chi connectivity index (χ4v) is 2.37. The second-order valence-corrected chi connectivity index (χ2v) is 5.44. The molecular formula is C13H13BrFNO3. The third kappa shape index (κ3) is 3.32. The molecule has 1 heterocycles. The lowest BCUT2D eigenvalue weighted by Gasteiger charge is -2.15. The molecule has 1 aliphatic rings. The van der Waals surface area contributed by atoms with E-state index in [1.54, 1.807) is 12.1 Å². The monoisotopic (exact) mass is 329 g/mol. The molecule has 102 valence electrons. The standard InChI is InChI=1S/C13H13BrFNO3/c14-10-2-1-8(5-11(10)15)6-12(17)16-4-3-9(7-16)13(18)19/h1-2,5,9H,3-4,6-7H2,(H,18,19). The van der Waals surface area contributed by atoms with E-state index in [0.29, 0.717) is 23.0 Å². The van der Waals surface area contributed by atoms with E-state index in [9.17, 15) is 14.0 Å². The quantitative estimate of drug-likeness (QED) is 0.923. The van der Waals surface area contributed by atoms with E-state index >= 15 is 0 Å². The summed E-state index contributed by atoms with van der Waals surface area (Å²) >= 11 is 3.05. The van der Waals surface area contributed by atoms with Crippen molar-refractivity contribution in [2.75, 3.05) is 13.1 Å². The molecule has 0 aliphatic carbocycles. The van der Waals surface area contributed by atoms with Gasteiger partial charge in [-0.05, 0) is 40.0 Å². The molecular weight excluding hydrogens is 317 g/mol. The molecule has 1 fully saturated rings. The second kappa shape index (κ2) is 5.69. The predicted molar refractivity (Wildman–Crippen MR) is 70.1 cm³/mol. The first-order valence-electron chi connectivity index (χ1n) is 5.92. The highest BCUT2D eigenvalue weighted by Crippen LogP contribution is 2.20. The van der Waals surface area contributed by atoms with E-state index in [1.165, 1.54) is 11.0 Å². The van der Waals surface area contributed by atoms with Crippen LogP contribution in [0.15, 0.2) is 22.7 Å². The van der Waals surface area contributed by atoms with Gasteiger partial charge >= 0.3 is 5.97 Å². The van der Waals surface area contributed by atoms with Crippen LogP contribution in [0.2, 0.25) is 0 Å². The number of aliphatic carboxylic acids is 1. The van der Waals surface area contributed by atoms with Crippen LogP contribution < -0.4 is 0 Å². The summed E-state index contributed by atoms with van der Waals surface area (Å²) in [6.45, 7) is 0.696. The molecule has 1 amide bonds. The van der Waals surface area contributed by atoms with E-state index < -0.39 is 17.7 Å². The molecule has 0 radical (unpaired) electrons. The summed E-state index contributed by atoms with van der Waals surface area (Å²) in [6.07, 6.45) is 0.576. The van der Waals surface area contributed by atoms with Gasteiger partial charge in [-0.3, -0.25) is 9.59 Å². The van der Waals surface area contributed by atoms with Crippen molar-refractivity contribution >= 4 is 27.8 Å². The molecule has 1 saturated heterocycles. The molecule has 1 atom stereocenters. The molecule has 4 nitrogen and oxygen atoms in total. The van der Waals surface area contributed by atoms with E-state index in [2.05, 4.69) is 15.9 Å². The Labute approximate surface area is 118 Å². The number of hydrogen-bond donors (Lipinski definition) is 1. The summed E-state index contributed by atoms with van der Waals surface area (Å²) in [5, 5.41) is 8.88. The van der Waals surface area contributed by atoms with E-state index in [4.69, 9.17) is 5.11 Å². The maximum atomic E-state index is 13.3. The van der Waals surface area contributed by atoms with Gasteiger partial charge in [0, 0.05) is 13.1 Å². The molecule has 1 aromatic rings. The Bertz CT molecular complexity index is 521. The number of likely N-dealkylation sites (tertiary alicyclic amines) is 1. The summed E-state index contributed by atoms with van der Waals surface area (Å²) in [5.74, 6) is -1.92. The number of carboxylic acids is 1. The normalized spacial score (nSPS) is 18.6. The fourth-order valence-electron chi connectivity index (χ4n) is 2.12. The molecule has 2 rings (SSSR count). The molecule has 6 heteroatoms. The maximum absolute atomic E-state index is 13.3. The van der Waals surface area contributed by atoms with Crippen molar-refractivity contribution in [1.82, 2.24) is 4.90 Å². The summed E-state index contributed by atoms with van der Waals surface area (Å²) in [4.78, 5) is 24.3. The van der Waals surface area contributed by atoms with Gasteiger partial charge in [-0.2, -0.15) is 0 Å². The van der Waals surface area contributed by atoms with Gasteiger partial charge in [0.2, 0.25) is 5.91 Å². The van der Waals surface area contributed by atoms with Crippen molar-refractivity contribution in [3.8, 4) is 0 Å². The molecule has 0 saturated carbocycles. The zero-order valence-corrected chi connectivity index (χ0v) is 11.7. The largest absolute Gasteiger partial charge is 0.481 e. The summed E-state index contributed by atoms with van der Waals surface area (Å²) in [7, 11) is 0. The number of benzene rings is 1. The van der Waals surface area contributed by atoms with Gasteiger partial charge in [-0.25, -0.2) is 4.39 Å². The first-order chi connectivity index (χ1) is 8.97. The Morgan fingerprint density at radius 3 is 2.79 bits per heavy atom. The number of halogens is 2. The van der Waals surface area contributed by atoms with Crippen molar-refractivity contribution in [1.29, 1.82) is 0 Å². The van der Waals surface area contributed by atoms with Crippen LogP contribution in [0.3, 0.4) is 0 Å². The zero-order valence-electron chi connectivity index (χ0n) is 10.1. The Balaban J connectivity index is 1.98. The topological polar surface area (TPSA) is 57.6 Å². The highest BCUT2D eigenvalue weighted by molar-refractivity contribution is 9.10. The van der Waals surface area contributed by atoms with Crippen LogP contribution >= 0.6 is 15.9 Å². The lowest BCUT2D eigenvalue weighted by molar-refractivity contribution is -0.141. The van der Waals surface area contributed by atoms with Gasteiger partial charge in [0.25, 0.3) is 0 Å². The molecule has 19 heavy (non-hydrogen) atoms. The van der Waals surface area contributed by atoms with Crippen molar-refractivity contribution in [2.45, 2.75) is 12.8 Å². The number of nitrogens with zero attached hydrogens (tertiary/aromatic N) is 1. The predicted octanol–water partition coefficient (Wildman–Crippen LogP) is 2.06. The number of amides is 1. The maximum Gasteiger partial charge on any atom is 0.308 e. The lowest BCUT2D eigenvalue weighted by Crippen LogP contribution is -2.31. The summed E-state index contributed by atoms with van der Waals surface area (Å²) < 4.78 is 13.7. The second-order valence-electron chi connectivity index (χ2n) is 4.59. The number of rotatable bonds is 3. The fraction of sp³-hybridized carbons (Fsp3) is 0.385. The van der Waals surface area contributed by atoms with Crippen LogP contribution in [0.5, 0.6) is 0 Å². The average Bonchev–Trinajstić information content (AvgIpc) is 2.83. The number of carbonyl (C=O) groups excluding carboxylic acids is 1. The minimum atomic E-state index is -0.870. The van der Waals surface area contributed by atoms with Crippen LogP contribution in [-0.2, 0) is 16.0 Å². The summed E-state index contributed by atoms with van der Waals surface area (Å²) in [5.41, 5.74) is 0.587. The van der Waals surface area contributed by atoms with E-state index in [1.807, 2.05) is 0 Å². The Morgan fingerprint density at radius 1 is 1.47 bits per heavy atom. The van der Waals surface area contributed by atoms with Crippen molar-refractivity contribution in [2.24, 2.45) is 5.92 Å². The third-order valence-electron chi connectivity index (χ3n) is 3.23. The van der Waals surface area contributed by atoms with Crippen LogP contribution in [0, 0.1) is 11.7 Å². The number of carboxylic acid groups (broad SMARTS) is 1. The number of carbonyl (C=O) groups is 2. The van der Waals surface area contributed by atoms with Gasteiger partial charge in [-0.1, -0.05) is 6.07 Å². The Morgan fingerprint density at radius 2 is 2.21 bits per heavy atom. The van der Waals surface area contributed by atoms with Crippen LogP contribution in [-0.4, -0.2) is 35.0 Å². The zero-order chi connectivity index (χ0) is 14.0. The highest BCUT2D eigenvalue weighted by Gasteiger charge is 2.30. The Kier molecular flexibility index (Phi) is 4.19. The minimum Gasteiger partial charge on any atom is -0.481 e. The first-order valence-corrected chi connectivity index (χ1v) is 6.71. The molecule has 0 spiro atoms. The van der Waals surface area contributed by atoms with Crippen LogP contribution in [0.1, 0.15) is 12.0 Å². The van der Waals surface area contributed by atoms with Crippen molar-refractivity contribution < 1.29 is 19.1 Å². The average molecular weight is 330 g/mol.